The predicted octanol–water partition coefficient (Wildman–Crippen LogP) is 3.02. The monoisotopic (exact) mass is 327 g/mol. The summed E-state index contributed by atoms with van der Waals surface area (Å²) in [5, 5.41) is 1.56. The van der Waals surface area contributed by atoms with Crippen LogP contribution in [-0.4, -0.2) is 22.3 Å². The Labute approximate surface area is 134 Å². The van der Waals surface area contributed by atoms with Gasteiger partial charge in [-0.05, 0) is 37.1 Å². The van der Waals surface area contributed by atoms with Crippen molar-refractivity contribution >= 4 is 40.7 Å². The van der Waals surface area contributed by atoms with E-state index in [4.69, 9.17) is 23.1 Å². The van der Waals surface area contributed by atoms with Crippen LogP contribution in [0.5, 0.6) is 0 Å². The first kappa shape index (κ1) is 16.3. The van der Waals surface area contributed by atoms with Gasteiger partial charge in [0.2, 0.25) is 0 Å². The van der Waals surface area contributed by atoms with Gasteiger partial charge in [0.25, 0.3) is 0 Å². The van der Waals surface area contributed by atoms with Crippen LogP contribution in [0.3, 0.4) is 0 Å². The van der Waals surface area contributed by atoms with Gasteiger partial charge in [-0.2, -0.15) is 0 Å². The number of aromatic amines is 1. The molecule has 2 aromatic rings. The second-order valence-electron chi connectivity index (χ2n) is 5.64. The number of H-pyrrole nitrogens is 1. The van der Waals surface area contributed by atoms with E-state index in [0.29, 0.717) is 17.1 Å². The quantitative estimate of drug-likeness (QED) is 0.741. The molecule has 0 spiro atoms. The molecular formula is C15H19Cl2N3O. The molecule has 114 valence electrons. The Morgan fingerprint density at radius 1 is 1.33 bits per heavy atom. The molecule has 2 atom stereocenters. The number of rotatable bonds is 2. The number of fused-ring (bicyclic) bond motifs is 1. The molecule has 0 bridgehead atoms. The van der Waals surface area contributed by atoms with E-state index >= 15 is 0 Å². The Kier molecular flexibility index (Phi) is 4.63. The maximum absolute atomic E-state index is 12.7. The lowest BCUT2D eigenvalue weighted by atomic mass is 9.75. The molecule has 1 fully saturated rings. The standard InChI is InChI=1S/C15H18ClN3O.ClH/c16-10-4-5-11-9(7-10)8-12(19-11)14(20)15(18)6-2-1-3-13(15)17;/h4-5,7-8,13,19H,1-3,6,17-18H2;1H. The average molecular weight is 328 g/mol. The molecule has 0 amide bonds. The van der Waals surface area contributed by atoms with Crippen molar-refractivity contribution in [2.45, 2.75) is 37.3 Å². The van der Waals surface area contributed by atoms with Crippen molar-refractivity contribution in [3.63, 3.8) is 0 Å². The molecule has 1 aromatic heterocycles. The second-order valence-corrected chi connectivity index (χ2v) is 6.07. The smallest absolute Gasteiger partial charge is 0.200 e. The van der Waals surface area contributed by atoms with Gasteiger partial charge in [0, 0.05) is 22.0 Å². The van der Waals surface area contributed by atoms with Gasteiger partial charge in [-0.3, -0.25) is 4.79 Å². The maximum atomic E-state index is 12.7. The van der Waals surface area contributed by atoms with E-state index in [9.17, 15) is 4.79 Å². The minimum absolute atomic E-state index is 0. The van der Waals surface area contributed by atoms with E-state index < -0.39 is 5.54 Å². The predicted molar refractivity (Wildman–Crippen MR) is 88.2 cm³/mol. The van der Waals surface area contributed by atoms with Crippen molar-refractivity contribution in [3.8, 4) is 0 Å². The van der Waals surface area contributed by atoms with E-state index in [2.05, 4.69) is 4.98 Å². The van der Waals surface area contributed by atoms with Gasteiger partial charge in [-0.15, -0.1) is 12.4 Å². The molecule has 1 saturated carbocycles. The van der Waals surface area contributed by atoms with Crippen LogP contribution in [0.2, 0.25) is 5.02 Å². The molecular weight excluding hydrogens is 309 g/mol. The number of ketones is 1. The molecule has 1 aliphatic rings. The SMILES string of the molecule is Cl.NC1CCCCC1(N)C(=O)c1cc2cc(Cl)ccc2[nH]1. The summed E-state index contributed by atoms with van der Waals surface area (Å²) in [6, 6.07) is 7.00. The summed E-state index contributed by atoms with van der Waals surface area (Å²) in [7, 11) is 0. The zero-order chi connectivity index (χ0) is 14.3. The normalized spacial score (nSPS) is 25.6. The van der Waals surface area contributed by atoms with Gasteiger partial charge in [0.05, 0.1) is 11.2 Å². The van der Waals surface area contributed by atoms with Crippen molar-refractivity contribution in [2.24, 2.45) is 11.5 Å². The number of benzene rings is 1. The Bertz CT molecular complexity index is 670. The molecule has 3 rings (SSSR count). The number of nitrogens with two attached hydrogens (primary N) is 2. The number of nitrogens with one attached hydrogen (secondary N) is 1. The van der Waals surface area contributed by atoms with Gasteiger partial charge < -0.3 is 16.5 Å². The van der Waals surface area contributed by atoms with E-state index in [0.717, 1.165) is 30.2 Å². The van der Waals surface area contributed by atoms with Crippen LogP contribution in [0, 0.1) is 0 Å². The van der Waals surface area contributed by atoms with Crippen LogP contribution in [0.25, 0.3) is 10.9 Å². The fourth-order valence-electron chi connectivity index (χ4n) is 2.98. The van der Waals surface area contributed by atoms with Gasteiger partial charge in [0.1, 0.15) is 0 Å². The van der Waals surface area contributed by atoms with Crippen LogP contribution >= 0.6 is 24.0 Å². The Morgan fingerprint density at radius 3 is 2.81 bits per heavy atom. The number of halogens is 2. The van der Waals surface area contributed by atoms with Gasteiger partial charge >= 0.3 is 0 Å². The minimum atomic E-state index is -0.955. The van der Waals surface area contributed by atoms with Gasteiger partial charge in [-0.1, -0.05) is 24.4 Å². The zero-order valence-electron chi connectivity index (χ0n) is 11.6. The van der Waals surface area contributed by atoms with Crippen LogP contribution in [0.15, 0.2) is 24.3 Å². The minimum Gasteiger partial charge on any atom is -0.352 e. The number of hydrogen-bond acceptors (Lipinski definition) is 3. The van der Waals surface area contributed by atoms with Crippen molar-refractivity contribution in [1.29, 1.82) is 0 Å². The Hall–Kier alpha value is -1.07. The molecule has 1 aromatic carbocycles. The first-order chi connectivity index (χ1) is 9.50. The lowest BCUT2D eigenvalue weighted by molar-refractivity contribution is 0.0818. The Morgan fingerprint density at radius 2 is 2.10 bits per heavy atom. The summed E-state index contributed by atoms with van der Waals surface area (Å²) in [5.74, 6) is -0.1000. The molecule has 4 nitrogen and oxygen atoms in total. The fraction of sp³-hybridized carbons (Fsp3) is 0.400. The van der Waals surface area contributed by atoms with Crippen molar-refractivity contribution < 1.29 is 4.79 Å². The number of carbonyl (C=O) groups excluding carboxylic acids is 1. The average Bonchev–Trinajstić information content (AvgIpc) is 2.84. The Balaban J connectivity index is 0.00000161. The summed E-state index contributed by atoms with van der Waals surface area (Å²) >= 11 is 5.96. The van der Waals surface area contributed by atoms with E-state index in [1.807, 2.05) is 12.1 Å². The molecule has 1 aliphatic carbocycles. The summed E-state index contributed by atoms with van der Waals surface area (Å²) in [6.07, 6.45) is 3.43. The summed E-state index contributed by atoms with van der Waals surface area (Å²) in [5.41, 5.74) is 12.8. The zero-order valence-corrected chi connectivity index (χ0v) is 13.1. The summed E-state index contributed by atoms with van der Waals surface area (Å²) < 4.78 is 0. The van der Waals surface area contributed by atoms with Crippen LogP contribution in [0.1, 0.15) is 36.2 Å². The maximum Gasteiger partial charge on any atom is 0.200 e. The van der Waals surface area contributed by atoms with Gasteiger partial charge in [0.15, 0.2) is 5.78 Å². The van der Waals surface area contributed by atoms with Crippen molar-refractivity contribution in [1.82, 2.24) is 4.98 Å². The third kappa shape index (κ3) is 2.81. The highest BCUT2D eigenvalue weighted by molar-refractivity contribution is 6.31. The van der Waals surface area contributed by atoms with Crippen LogP contribution < -0.4 is 11.5 Å². The number of Topliss-reactive ketones (excluding diaryl/α,β-unsaturated/α-hetero) is 1. The van der Waals surface area contributed by atoms with Crippen LogP contribution in [0.4, 0.5) is 0 Å². The van der Waals surface area contributed by atoms with Crippen LogP contribution in [-0.2, 0) is 0 Å². The summed E-state index contributed by atoms with van der Waals surface area (Å²) in [6.45, 7) is 0. The third-order valence-corrected chi connectivity index (χ3v) is 4.50. The molecule has 0 aliphatic heterocycles. The van der Waals surface area contributed by atoms with Crippen molar-refractivity contribution in [2.75, 3.05) is 0 Å². The number of aromatic nitrogens is 1. The van der Waals surface area contributed by atoms with E-state index in [1.54, 1.807) is 12.1 Å². The molecule has 2 unspecified atom stereocenters. The fourth-order valence-corrected chi connectivity index (χ4v) is 3.16. The largest absolute Gasteiger partial charge is 0.352 e. The summed E-state index contributed by atoms with van der Waals surface area (Å²) in [4.78, 5) is 15.8. The molecule has 21 heavy (non-hydrogen) atoms. The second kappa shape index (κ2) is 5.97. The lowest BCUT2D eigenvalue weighted by Gasteiger charge is -2.37. The molecule has 5 N–H and O–H groups in total. The highest BCUT2D eigenvalue weighted by Gasteiger charge is 2.42. The molecule has 0 saturated heterocycles. The van der Waals surface area contributed by atoms with E-state index in [-0.39, 0.29) is 24.2 Å². The highest BCUT2D eigenvalue weighted by Crippen LogP contribution is 2.29. The van der Waals surface area contributed by atoms with E-state index in [1.165, 1.54) is 0 Å². The first-order valence-electron chi connectivity index (χ1n) is 6.88. The number of carbonyl (C=O) groups is 1. The molecule has 1 heterocycles. The first-order valence-corrected chi connectivity index (χ1v) is 7.26. The lowest BCUT2D eigenvalue weighted by Crippen LogP contribution is -2.62. The third-order valence-electron chi connectivity index (χ3n) is 4.27. The topological polar surface area (TPSA) is 84.9 Å². The highest BCUT2D eigenvalue weighted by atomic mass is 35.5. The number of hydrogen-bond donors (Lipinski definition) is 3. The van der Waals surface area contributed by atoms with Gasteiger partial charge in [-0.25, -0.2) is 0 Å². The van der Waals surface area contributed by atoms with Crippen molar-refractivity contribution in [3.05, 3.63) is 35.0 Å². The molecule has 6 heteroatoms. The molecule has 0 radical (unpaired) electrons.